The minimum absolute atomic E-state index is 0.0231. The fourth-order valence-electron chi connectivity index (χ4n) is 5.04. The van der Waals surface area contributed by atoms with Crippen molar-refractivity contribution in [3.63, 3.8) is 0 Å². The smallest absolute Gasteiger partial charge is 0.267 e. The molecular weight excluding hydrogens is 474 g/mol. The van der Waals surface area contributed by atoms with Crippen molar-refractivity contribution in [1.29, 1.82) is 0 Å². The van der Waals surface area contributed by atoms with Gasteiger partial charge in [-0.3, -0.25) is 9.59 Å². The molecule has 6 rings (SSSR count). The zero-order valence-corrected chi connectivity index (χ0v) is 19.1. The third-order valence-electron chi connectivity index (χ3n) is 6.64. The van der Waals surface area contributed by atoms with E-state index in [0.717, 1.165) is 6.07 Å². The van der Waals surface area contributed by atoms with E-state index in [-0.39, 0.29) is 23.3 Å². The van der Waals surface area contributed by atoms with Crippen molar-refractivity contribution in [3.05, 3.63) is 57.8 Å². The number of carbonyl (C=O) groups is 2. The van der Waals surface area contributed by atoms with E-state index >= 15 is 0 Å². The molecule has 0 aromatic heterocycles. The Morgan fingerprint density at radius 2 is 1.85 bits per heavy atom. The molecule has 0 spiro atoms. The highest BCUT2D eigenvalue weighted by atomic mass is 35.5. The number of ether oxygens (including phenoxy) is 2. The number of aliphatic hydroxyl groups excluding tert-OH is 1. The summed E-state index contributed by atoms with van der Waals surface area (Å²) in [5, 5.41) is 17.1. The zero-order valence-electron chi connectivity index (χ0n) is 17.6. The van der Waals surface area contributed by atoms with Crippen molar-refractivity contribution in [3.8, 4) is 11.5 Å². The normalized spacial score (nSPS) is 30.9. The van der Waals surface area contributed by atoms with Crippen LogP contribution in [0.3, 0.4) is 0 Å². The maximum atomic E-state index is 13.5. The lowest BCUT2D eigenvalue weighted by Gasteiger charge is -2.70. The second-order valence-corrected chi connectivity index (χ2v) is 10.1. The van der Waals surface area contributed by atoms with E-state index in [1.165, 1.54) is 12.1 Å². The van der Waals surface area contributed by atoms with E-state index < -0.39 is 34.5 Å². The average molecular weight is 495 g/mol. The summed E-state index contributed by atoms with van der Waals surface area (Å²) in [4.78, 5) is 25.3. The molecule has 2 aromatic rings. The Kier molecular flexibility index (Phi) is 5.04. The minimum atomic E-state index is -1.47. The van der Waals surface area contributed by atoms with E-state index in [4.69, 9.17) is 32.7 Å². The monoisotopic (exact) mass is 494 g/mol. The molecule has 7 nitrogen and oxygen atoms in total. The summed E-state index contributed by atoms with van der Waals surface area (Å²) in [5.74, 6) is -0.748. The summed E-state index contributed by atoms with van der Waals surface area (Å²) in [6, 6.07) is 8.81. The number of benzene rings is 2. The molecule has 1 heterocycles. The van der Waals surface area contributed by atoms with Crippen LogP contribution in [-0.4, -0.2) is 40.2 Å². The van der Waals surface area contributed by atoms with Crippen molar-refractivity contribution in [2.45, 2.75) is 49.0 Å². The standard InChI is InChI=1S/C23H21Cl2FN2O5/c1-21(19(30)14-6-12(24)2-5-17(14)33-21)20(31)28-23-9-22(10-23,11-23)27-18(29)8-32-13-3-4-15(25)16(26)7-13/h2-7,19,30H,8-11H2,1H3,(H,27,29)(H,28,31)/t19?,21-,22?,23?/m0/s1. The Labute approximate surface area is 199 Å². The topological polar surface area (TPSA) is 96.9 Å². The molecule has 3 saturated carbocycles. The van der Waals surface area contributed by atoms with Gasteiger partial charge >= 0.3 is 0 Å². The Morgan fingerprint density at radius 3 is 2.55 bits per heavy atom. The average Bonchev–Trinajstić information content (AvgIpc) is 2.97. The second kappa shape index (κ2) is 7.48. The summed E-state index contributed by atoms with van der Waals surface area (Å²) in [5.41, 5.74) is -1.84. The van der Waals surface area contributed by atoms with E-state index in [1.807, 2.05) is 0 Å². The first-order valence-electron chi connectivity index (χ1n) is 10.4. The zero-order chi connectivity index (χ0) is 23.6. The molecule has 2 bridgehead atoms. The predicted molar refractivity (Wildman–Crippen MR) is 118 cm³/mol. The van der Waals surface area contributed by atoms with Crippen LogP contribution in [0.2, 0.25) is 10.0 Å². The maximum absolute atomic E-state index is 13.5. The van der Waals surface area contributed by atoms with Crippen LogP contribution in [0.5, 0.6) is 11.5 Å². The van der Waals surface area contributed by atoms with Gasteiger partial charge in [0.05, 0.1) is 5.02 Å². The van der Waals surface area contributed by atoms with Gasteiger partial charge in [-0.25, -0.2) is 4.39 Å². The molecule has 2 aromatic carbocycles. The van der Waals surface area contributed by atoms with Gasteiger partial charge in [-0.05, 0) is 56.5 Å². The van der Waals surface area contributed by atoms with E-state index in [9.17, 15) is 19.1 Å². The van der Waals surface area contributed by atoms with Gasteiger partial charge in [-0.1, -0.05) is 23.2 Å². The summed E-state index contributed by atoms with van der Waals surface area (Å²) >= 11 is 11.6. The van der Waals surface area contributed by atoms with Gasteiger partial charge in [0, 0.05) is 27.7 Å². The van der Waals surface area contributed by atoms with Gasteiger partial charge < -0.3 is 25.2 Å². The molecular formula is C23H21Cl2FN2O5. The van der Waals surface area contributed by atoms with Crippen LogP contribution in [0.15, 0.2) is 36.4 Å². The Morgan fingerprint density at radius 1 is 1.15 bits per heavy atom. The third-order valence-corrected chi connectivity index (χ3v) is 7.18. The van der Waals surface area contributed by atoms with Gasteiger partial charge in [0.2, 0.25) is 5.60 Å². The SMILES string of the molecule is C[C@]1(C(=O)NC23CC(NC(=O)COc4ccc(Cl)c(F)c4)(C2)C3)Oc2ccc(Cl)cc2C1O. The highest BCUT2D eigenvalue weighted by Gasteiger charge is 2.70. The molecule has 1 unspecified atom stereocenters. The molecule has 3 aliphatic carbocycles. The van der Waals surface area contributed by atoms with Crippen molar-refractivity contribution in [1.82, 2.24) is 10.6 Å². The largest absolute Gasteiger partial charge is 0.484 e. The summed E-state index contributed by atoms with van der Waals surface area (Å²) < 4.78 is 24.6. The highest BCUT2D eigenvalue weighted by Crippen LogP contribution is 2.60. The number of aliphatic hydroxyl groups is 1. The van der Waals surface area contributed by atoms with Crippen molar-refractivity contribution >= 4 is 35.0 Å². The molecule has 33 heavy (non-hydrogen) atoms. The summed E-state index contributed by atoms with van der Waals surface area (Å²) in [7, 11) is 0. The van der Waals surface area contributed by atoms with Gasteiger partial charge in [0.25, 0.3) is 11.8 Å². The first kappa shape index (κ1) is 22.3. The van der Waals surface area contributed by atoms with Crippen LogP contribution in [0.4, 0.5) is 4.39 Å². The lowest BCUT2D eigenvalue weighted by molar-refractivity contribution is -0.162. The van der Waals surface area contributed by atoms with Crippen LogP contribution in [0.25, 0.3) is 0 Å². The highest BCUT2D eigenvalue weighted by molar-refractivity contribution is 6.31. The molecule has 10 heteroatoms. The predicted octanol–water partition coefficient (Wildman–Crippen LogP) is 3.30. The molecule has 4 aliphatic rings. The Balaban J connectivity index is 1.13. The van der Waals surface area contributed by atoms with Crippen LogP contribution < -0.4 is 20.1 Å². The number of fused-ring (bicyclic) bond motifs is 1. The molecule has 2 atom stereocenters. The minimum Gasteiger partial charge on any atom is -0.484 e. The first-order valence-corrected chi connectivity index (χ1v) is 11.2. The van der Waals surface area contributed by atoms with Crippen molar-refractivity contribution in [2.75, 3.05) is 6.61 Å². The molecule has 3 fully saturated rings. The van der Waals surface area contributed by atoms with Gasteiger partial charge in [-0.2, -0.15) is 0 Å². The molecule has 1 aliphatic heterocycles. The van der Waals surface area contributed by atoms with Crippen molar-refractivity contribution in [2.24, 2.45) is 0 Å². The van der Waals surface area contributed by atoms with Gasteiger partial charge in [0.1, 0.15) is 23.4 Å². The molecule has 3 N–H and O–H groups in total. The molecule has 0 radical (unpaired) electrons. The number of halogens is 3. The number of nitrogens with one attached hydrogen (secondary N) is 2. The number of rotatable bonds is 6. The Hall–Kier alpha value is -2.55. The van der Waals surface area contributed by atoms with Crippen LogP contribution in [0, 0.1) is 5.82 Å². The Bertz CT molecular complexity index is 1160. The fraction of sp³-hybridized carbons (Fsp3) is 0.391. The second-order valence-electron chi connectivity index (χ2n) is 9.25. The number of hydrogen-bond acceptors (Lipinski definition) is 5. The van der Waals surface area contributed by atoms with Crippen LogP contribution >= 0.6 is 23.2 Å². The summed E-state index contributed by atoms with van der Waals surface area (Å²) in [6.45, 7) is 1.28. The maximum Gasteiger partial charge on any atom is 0.267 e. The number of carbonyl (C=O) groups excluding carboxylic acids is 2. The molecule has 0 saturated heterocycles. The lowest BCUT2D eigenvalue weighted by atomic mass is 9.44. The first-order chi connectivity index (χ1) is 15.5. The van der Waals surface area contributed by atoms with Gasteiger partial charge in [0.15, 0.2) is 6.61 Å². The third kappa shape index (κ3) is 3.70. The van der Waals surface area contributed by atoms with Crippen LogP contribution in [-0.2, 0) is 9.59 Å². The van der Waals surface area contributed by atoms with Crippen LogP contribution in [0.1, 0.15) is 37.9 Å². The summed E-state index contributed by atoms with van der Waals surface area (Å²) in [6.07, 6.45) is 0.552. The number of amides is 2. The quantitative estimate of drug-likeness (QED) is 0.572. The molecule has 174 valence electrons. The van der Waals surface area contributed by atoms with E-state index in [2.05, 4.69) is 10.6 Å². The lowest BCUT2D eigenvalue weighted by Crippen LogP contribution is -2.84. The van der Waals surface area contributed by atoms with E-state index in [1.54, 1.807) is 25.1 Å². The molecule has 2 amide bonds. The van der Waals surface area contributed by atoms with Crippen molar-refractivity contribution < 1.29 is 28.6 Å². The fourth-order valence-corrected chi connectivity index (χ4v) is 5.34. The van der Waals surface area contributed by atoms with Gasteiger partial charge in [-0.15, -0.1) is 0 Å². The van der Waals surface area contributed by atoms with E-state index in [0.29, 0.717) is 35.6 Å². The number of hydrogen-bond donors (Lipinski definition) is 3.